The molecular formula is C13H17IN4. The molecule has 0 bridgehead atoms. The highest BCUT2D eigenvalue weighted by atomic mass is 127. The summed E-state index contributed by atoms with van der Waals surface area (Å²) in [5.41, 5.74) is 1.29. The lowest BCUT2D eigenvalue weighted by Crippen LogP contribution is -2.20. The molecule has 0 aliphatic carbocycles. The van der Waals surface area contributed by atoms with Gasteiger partial charge in [-0.25, -0.2) is 0 Å². The summed E-state index contributed by atoms with van der Waals surface area (Å²) in [6.07, 6.45) is 1.77. The molecule has 5 heteroatoms. The van der Waals surface area contributed by atoms with Crippen LogP contribution in [0.3, 0.4) is 0 Å². The van der Waals surface area contributed by atoms with Crippen LogP contribution in [0.4, 0.5) is 0 Å². The van der Waals surface area contributed by atoms with Crippen LogP contribution in [0.1, 0.15) is 31.3 Å². The molecule has 18 heavy (non-hydrogen) atoms. The Morgan fingerprint density at radius 2 is 2.06 bits per heavy atom. The maximum absolute atomic E-state index is 4.12. The first-order valence-electron chi connectivity index (χ1n) is 6.06. The number of benzene rings is 1. The molecule has 0 saturated carbocycles. The van der Waals surface area contributed by atoms with Crippen LogP contribution in [0.15, 0.2) is 30.6 Å². The predicted molar refractivity (Wildman–Crippen MR) is 80.1 cm³/mol. The van der Waals surface area contributed by atoms with Gasteiger partial charge >= 0.3 is 0 Å². The summed E-state index contributed by atoms with van der Waals surface area (Å²) in [6, 6.07) is 8.88. The molecule has 4 nitrogen and oxygen atoms in total. The van der Waals surface area contributed by atoms with E-state index < -0.39 is 0 Å². The van der Waals surface area contributed by atoms with Crippen molar-refractivity contribution >= 4 is 22.6 Å². The number of aromatic nitrogens is 3. The Morgan fingerprint density at radius 3 is 2.72 bits per heavy atom. The topological polar surface area (TPSA) is 42.7 Å². The molecule has 0 aliphatic heterocycles. The van der Waals surface area contributed by atoms with Gasteiger partial charge in [-0.05, 0) is 54.1 Å². The van der Waals surface area contributed by atoms with E-state index in [1.54, 1.807) is 6.33 Å². The van der Waals surface area contributed by atoms with E-state index in [1.807, 2.05) is 4.57 Å². The Hall–Kier alpha value is -0.950. The highest BCUT2D eigenvalue weighted by molar-refractivity contribution is 14.1. The van der Waals surface area contributed by atoms with Crippen molar-refractivity contribution in [2.45, 2.75) is 33.0 Å². The van der Waals surface area contributed by atoms with E-state index in [2.05, 4.69) is 76.2 Å². The van der Waals surface area contributed by atoms with E-state index >= 15 is 0 Å². The fourth-order valence-electron chi connectivity index (χ4n) is 1.79. The molecule has 1 atom stereocenters. The molecule has 2 rings (SSSR count). The highest BCUT2D eigenvalue weighted by Crippen LogP contribution is 2.14. The largest absolute Gasteiger partial charge is 0.317 e. The van der Waals surface area contributed by atoms with Gasteiger partial charge in [0.25, 0.3) is 0 Å². The third-order valence-corrected chi connectivity index (χ3v) is 3.69. The second-order valence-electron chi connectivity index (χ2n) is 4.19. The number of nitrogens with one attached hydrogen (secondary N) is 1. The Morgan fingerprint density at radius 1 is 1.33 bits per heavy atom. The van der Waals surface area contributed by atoms with Gasteiger partial charge in [-0.1, -0.05) is 12.1 Å². The van der Waals surface area contributed by atoms with Crippen LogP contribution in [-0.2, 0) is 13.1 Å². The number of halogens is 1. The molecule has 1 unspecified atom stereocenters. The predicted octanol–water partition coefficient (Wildman–Crippen LogP) is 2.75. The molecule has 0 radical (unpaired) electrons. The molecule has 0 saturated heterocycles. The van der Waals surface area contributed by atoms with Crippen molar-refractivity contribution < 1.29 is 0 Å². The lowest BCUT2D eigenvalue weighted by molar-refractivity contribution is 0.539. The lowest BCUT2D eigenvalue weighted by atomic mass is 10.1. The van der Waals surface area contributed by atoms with Gasteiger partial charge in [0, 0.05) is 16.2 Å². The van der Waals surface area contributed by atoms with E-state index in [-0.39, 0.29) is 0 Å². The summed E-state index contributed by atoms with van der Waals surface area (Å²) in [4.78, 5) is 0. The summed E-state index contributed by atoms with van der Waals surface area (Å²) in [5.74, 6) is 0.981. The van der Waals surface area contributed by atoms with Crippen molar-refractivity contribution in [1.82, 2.24) is 20.1 Å². The SMILES string of the molecule is CCn1cnnc1CNC(C)c1ccc(I)cc1. The summed E-state index contributed by atoms with van der Waals surface area (Å²) in [5, 5.41) is 11.5. The molecule has 1 N–H and O–H groups in total. The standard InChI is InChI=1S/C13H17IN4/c1-3-18-9-16-17-13(18)8-15-10(2)11-4-6-12(14)7-5-11/h4-7,9-10,15H,3,8H2,1-2H3. The lowest BCUT2D eigenvalue weighted by Gasteiger charge is -2.14. The average Bonchev–Trinajstić information content (AvgIpc) is 2.84. The minimum Gasteiger partial charge on any atom is -0.317 e. The summed E-state index contributed by atoms with van der Waals surface area (Å²) < 4.78 is 3.31. The van der Waals surface area contributed by atoms with E-state index in [1.165, 1.54) is 9.13 Å². The van der Waals surface area contributed by atoms with Crippen LogP contribution in [0, 0.1) is 3.57 Å². The van der Waals surface area contributed by atoms with Gasteiger partial charge in [-0.2, -0.15) is 0 Å². The Balaban J connectivity index is 1.96. The van der Waals surface area contributed by atoms with Crippen LogP contribution in [0.5, 0.6) is 0 Å². The van der Waals surface area contributed by atoms with Crippen LogP contribution < -0.4 is 5.32 Å². The second-order valence-corrected chi connectivity index (χ2v) is 5.43. The van der Waals surface area contributed by atoms with Gasteiger partial charge in [0.15, 0.2) is 0 Å². The van der Waals surface area contributed by atoms with Crippen molar-refractivity contribution in [3.8, 4) is 0 Å². The van der Waals surface area contributed by atoms with Crippen LogP contribution in [0.2, 0.25) is 0 Å². The molecular weight excluding hydrogens is 339 g/mol. The minimum atomic E-state index is 0.309. The fourth-order valence-corrected chi connectivity index (χ4v) is 2.15. The summed E-state index contributed by atoms with van der Waals surface area (Å²) in [6.45, 7) is 5.90. The molecule has 1 heterocycles. The summed E-state index contributed by atoms with van der Waals surface area (Å²) >= 11 is 2.32. The minimum absolute atomic E-state index is 0.309. The molecule has 2 aromatic rings. The van der Waals surface area contributed by atoms with Gasteiger partial charge in [-0.3, -0.25) is 0 Å². The number of hydrogen-bond acceptors (Lipinski definition) is 3. The maximum Gasteiger partial charge on any atom is 0.146 e. The van der Waals surface area contributed by atoms with Crippen molar-refractivity contribution in [1.29, 1.82) is 0 Å². The molecule has 0 amide bonds. The van der Waals surface area contributed by atoms with E-state index in [4.69, 9.17) is 0 Å². The van der Waals surface area contributed by atoms with Gasteiger partial charge in [-0.15, -0.1) is 10.2 Å². The second kappa shape index (κ2) is 6.29. The average molecular weight is 356 g/mol. The number of aryl methyl sites for hydroxylation is 1. The zero-order valence-electron chi connectivity index (χ0n) is 10.6. The van der Waals surface area contributed by atoms with Crippen molar-refractivity contribution in [3.63, 3.8) is 0 Å². The highest BCUT2D eigenvalue weighted by Gasteiger charge is 2.07. The molecule has 1 aromatic heterocycles. The monoisotopic (exact) mass is 356 g/mol. The smallest absolute Gasteiger partial charge is 0.146 e. The first-order chi connectivity index (χ1) is 8.70. The van der Waals surface area contributed by atoms with Crippen molar-refractivity contribution in [3.05, 3.63) is 45.6 Å². The Labute approximate surface area is 121 Å². The quantitative estimate of drug-likeness (QED) is 0.838. The number of hydrogen-bond donors (Lipinski definition) is 1. The van der Waals surface area contributed by atoms with E-state index in [0.29, 0.717) is 6.04 Å². The number of rotatable bonds is 5. The number of nitrogens with zero attached hydrogens (tertiary/aromatic N) is 3. The van der Waals surface area contributed by atoms with Gasteiger partial charge in [0.2, 0.25) is 0 Å². The van der Waals surface area contributed by atoms with Crippen molar-refractivity contribution in [2.24, 2.45) is 0 Å². The Bertz CT molecular complexity index is 492. The van der Waals surface area contributed by atoms with Gasteiger partial charge < -0.3 is 9.88 Å². The first-order valence-corrected chi connectivity index (χ1v) is 7.14. The third kappa shape index (κ3) is 3.29. The molecule has 0 spiro atoms. The normalized spacial score (nSPS) is 12.6. The first kappa shape index (κ1) is 13.5. The fraction of sp³-hybridized carbons (Fsp3) is 0.385. The molecule has 1 aromatic carbocycles. The van der Waals surface area contributed by atoms with Crippen molar-refractivity contribution in [2.75, 3.05) is 0 Å². The van der Waals surface area contributed by atoms with Crippen LogP contribution in [-0.4, -0.2) is 14.8 Å². The Kier molecular flexibility index (Phi) is 4.71. The third-order valence-electron chi connectivity index (χ3n) is 2.97. The van der Waals surface area contributed by atoms with Crippen LogP contribution in [0.25, 0.3) is 0 Å². The zero-order valence-corrected chi connectivity index (χ0v) is 12.8. The zero-order chi connectivity index (χ0) is 13.0. The van der Waals surface area contributed by atoms with E-state index in [9.17, 15) is 0 Å². The maximum atomic E-state index is 4.12. The van der Waals surface area contributed by atoms with Crippen LogP contribution >= 0.6 is 22.6 Å². The molecule has 0 fully saturated rings. The van der Waals surface area contributed by atoms with Gasteiger partial charge in [0.1, 0.15) is 12.2 Å². The molecule has 0 aliphatic rings. The van der Waals surface area contributed by atoms with Gasteiger partial charge in [0.05, 0.1) is 6.54 Å². The van der Waals surface area contributed by atoms with E-state index in [0.717, 1.165) is 18.9 Å². The molecule has 96 valence electrons. The summed E-state index contributed by atoms with van der Waals surface area (Å²) in [7, 11) is 0.